The summed E-state index contributed by atoms with van der Waals surface area (Å²) in [7, 11) is 0. The first-order chi connectivity index (χ1) is 12.2. The SMILES string of the molecule is Cc1cnccc1N1CCN(C(=O)[C@H]2COc3ccccc3C2)CC1. The van der Waals surface area contributed by atoms with Crippen LogP contribution in [0.25, 0.3) is 0 Å². The average Bonchev–Trinajstić information content (AvgIpc) is 2.67. The van der Waals surface area contributed by atoms with Crippen molar-refractivity contribution >= 4 is 11.6 Å². The Hall–Kier alpha value is -2.56. The van der Waals surface area contributed by atoms with Gasteiger partial charge >= 0.3 is 0 Å². The number of carbonyl (C=O) groups excluding carboxylic acids is 1. The minimum Gasteiger partial charge on any atom is -0.492 e. The van der Waals surface area contributed by atoms with Crippen molar-refractivity contribution < 1.29 is 9.53 Å². The quantitative estimate of drug-likeness (QED) is 0.843. The van der Waals surface area contributed by atoms with Crippen LogP contribution in [0.2, 0.25) is 0 Å². The number of amides is 1. The third kappa shape index (κ3) is 3.18. The number of piperazine rings is 1. The lowest BCUT2D eigenvalue weighted by atomic mass is 9.95. The Balaban J connectivity index is 1.38. The highest BCUT2D eigenvalue weighted by Crippen LogP contribution is 2.28. The van der Waals surface area contributed by atoms with Gasteiger partial charge in [0.1, 0.15) is 12.4 Å². The molecule has 1 atom stereocenters. The highest BCUT2D eigenvalue weighted by atomic mass is 16.5. The molecule has 1 saturated heterocycles. The third-order valence-corrected chi connectivity index (χ3v) is 5.15. The van der Waals surface area contributed by atoms with Crippen LogP contribution in [-0.4, -0.2) is 48.6 Å². The van der Waals surface area contributed by atoms with Crippen molar-refractivity contribution in [2.75, 3.05) is 37.7 Å². The molecule has 0 radical (unpaired) electrons. The summed E-state index contributed by atoms with van der Waals surface area (Å²) in [5.74, 6) is 1.08. The second kappa shape index (κ2) is 6.75. The Morgan fingerprint density at radius 3 is 2.76 bits per heavy atom. The number of fused-ring (bicyclic) bond motifs is 1. The van der Waals surface area contributed by atoms with Crippen LogP contribution in [0.5, 0.6) is 5.75 Å². The molecule has 0 spiro atoms. The zero-order valence-electron chi connectivity index (χ0n) is 14.5. The first-order valence-electron chi connectivity index (χ1n) is 8.87. The van der Waals surface area contributed by atoms with E-state index in [0.717, 1.165) is 43.9 Å². The van der Waals surface area contributed by atoms with Crippen LogP contribution in [0.3, 0.4) is 0 Å². The number of aromatic nitrogens is 1. The number of benzene rings is 1. The van der Waals surface area contributed by atoms with E-state index in [1.807, 2.05) is 35.5 Å². The molecule has 130 valence electrons. The maximum absolute atomic E-state index is 12.9. The van der Waals surface area contributed by atoms with Crippen LogP contribution in [-0.2, 0) is 11.2 Å². The van der Waals surface area contributed by atoms with E-state index in [2.05, 4.69) is 28.9 Å². The molecule has 0 unspecified atom stereocenters. The number of hydrogen-bond donors (Lipinski definition) is 0. The maximum Gasteiger partial charge on any atom is 0.229 e. The van der Waals surface area contributed by atoms with Crippen molar-refractivity contribution in [1.29, 1.82) is 0 Å². The largest absolute Gasteiger partial charge is 0.492 e. The Bertz CT molecular complexity index is 769. The van der Waals surface area contributed by atoms with Gasteiger partial charge < -0.3 is 14.5 Å². The zero-order chi connectivity index (χ0) is 17.2. The zero-order valence-corrected chi connectivity index (χ0v) is 14.5. The smallest absolute Gasteiger partial charge is 0.229 e. The van der Waals surface area contributed by atoms with E-state index in [1.165, 1.54) is 11.3 Å². The molecule has 2 aromatic rings. The van der Waals surface area contributed by atoms with Crippen molar-refractivity contribution in [3.8, 4) is 5.75 Å². The van der Waals surface area contributed by atoms with Crippen LogP contribution in [0.1, 0.15) is 11.1 Å². The van der Waals surface area contributed by atoms with Crippen molar-refractivity contribution in [1.82, 2.24) is 9.88 Å². The lowest BCUT2D eigenvalue weighted by Gasteiger charge is -2.38. The summed E-state index contributed by atoms with van der Waals surface area (Å²) in [6.07, 6.45) is 4.50. The number of nitrogens with zero attached hydrogens (tertiary/aromatic N) is 3. The number of aryl methyl sites for hydroxylation is 1. The average molecular weight is 337 g/mol. The van der Waals surface area contributed by atoms with Gasteiger partial charge in [-0.15, -0.1) is 0 Å². The Labute approximate surface area is 148 Å². The second-order valence-electron chi connectivity index (χ2n) is 6.79. The fourth-order valence-corrected chi connectivity index (χ4v) is 3.73. The van der Waals surface area contributed by atoms with Crippen LogP contribution in [0.4, 0.5) is 5.69 Å². The lowest BCUT2D eigenvalue weighted by molar-refractivity contribution is -0.137. The van der Waals surface area contributed by atoms with Gasteiger partial charge in [-0.1, -0.05) is 18.2 Å². The highest BCUT2D eigenvalue weighted by Gasteiger charge is 2.31. The molecule has 1 fully saturated rings. The fraction of sp³-hybridized carbons (Fsp3) is 0.400. The summed E-state index contributed by atoms with van der Waals surface area (Å²) in [6, 6.07) is 10.1. The first-order valence-corrected chi connectivity index (χ1v) is 8.87. The van der Waals surface area contributed by atoms with Crippen LogP contribution >= 0.6 is 0 Å². The molecule has 2 aliphatic heterocycles. The van der Waals surface area contributed by atoms with E-state index < -0.39 is 0 Å². The number of para-hydroxylation sites is 1. The predicted octanol–water partition coefficient (Wildman–Crippen LogP) is 2.29. The van der Waals surface area contributed by atoms with E-state index >= 15 is 0 Å². The molecule has 1 aromatic carbocycles. The number of pyridine rings is 1. The van der Waals surface area contributed by atoms with Crippen molar-refractivity contribution in [2.24, 2.45) is 5.92 Å². The van der Waals surface area contributed by atoms with Gasteiger partial charge in [0.05, 0.1) is 5.92 Å². The molecule has 5 heteroatoms. The predicted molar refractivity (Wildman–Crippen MR) is 96.9 cm³/mol. The molecule has 0 saturated carbocycles. The van der Waals surface area contributed by atoms with Crippen LogP contribution < -0.4 is 9.64 Å². The van der Waals surface area contributed by atoms with Crippen molar-refractivity contribution in [3.63, 3.8) is 0 Å². The summed E-state index contributed by atoms with van der Waals surface area (Å²) in [4.78, 5) is 21.4. The molecule has 1 aromatic heterocycles. The van der Waals surface area contributed by atoms with Gasteiger partial charge in [0, 0.05) is 44.3 Å². The molecule has 0 aliphatic carbocycles. The van der Waals surface area contributed by atoms with E-state index in [-0.39, 0.29) is 11.8 Å². The monoisotopic (exact) mass is 337 g/mol. The molecule has 4 rings (SSSR count). The third-order valence-electron chi connectivity index (χ3n) is 5.15. The van der Waals surface area contributed by atoms with Crippen molar-refractivity contribution in [3.05, 3.63) is 53.9 Å². The molecule has 0 N–H and O–H groups in total. The topological polar surface area (TPSA) is 45.7 Å². The summed E-state index contributed by atoms with van der Waals surface area (Å²) in [5.41, 5.74) is 3.54. The Morgan fingerprint density at radius 1 is 1.16 bits per heavy atom. The maximum atomic E-state index is 12.9. The fourth-order valence-electron chi connectivity index (χ4n) is 3.73. The molecular formula is C20H23N3O2. The Kier molecular flexibility index (Phi) is 4.30. The minimum absolute atomic E-state index is 0.0656. The summed E-state index contributed by atoms with van der Waals surface area (Å²) in [6.45, 7) is 5.81. The molecule has 2 aliphatic rings. The Morgan fingerprint density at radius 2 is 1.96 bits per heavy atom. The van der Waals surface area contributed by atoms with Gasteiger partial charge in [-0.3, -0.25) is 9.78 Å². The van der Waals surface area contributed by atoms with Gasteiger partial charge in [0.25, 0.3) is 0 Å². The van der Waals surface area contributed by atoms with E-state index in [1.54, 1.807) is 0 Å². The standard InChI is InChI=1S/C20H23N3O2/c1-15-13-21-7-6-18(15)22-8-10-23(11-9-22)20(24)17-12-16-4-2-3-5-19(16)25-14-17/h2-7,13,17H,8-12,14H2,1H3/t17-/m1/s1. The number of anilines is 1. The molecular weight excluding hydrogens is 314 g/mol. The number of carbonyl (C=O) groups is 1. The van der Waals surface area contributed by atoms with E-state index in [4.69, 9.17) is 4.74 Å². The van der Waals surface area contributed by atoms with Gasteiger partial charge in [-0.2, -0.15) is 0 Å². The highest BCUT2D eigenvalue weighted by molar-refractivity contribution is 5.80. The van der Waals surface area contributed by atoms with Crippen LogP contribution in [0, 0.1) is 12.8 Å². The number of rotatable bonds is 2. The van der Waals surface area contributed by atoms with Crippen molar-refractivity contribution in [2.45, 2.75) is 13.3 Å². The van der Waals surface area contributed by atoms with Gasteiger partial charge in [0.15, 0.2) is 0 Å². The molecule has 3 heterocycles. The van der Waals surface area contributed by atoms with Gasteiger partial charge in [-0.05, 0) is 36.6 Å². The van der Waals surface area contributed by atoms with Gasteiger partial charge in [-0.25, -0.2) is 0 Å². The normalized spacial score (nSPS) is 20.0. The second-order valence-corrected chi connectivity index (χ2v) is 6.79. The van der Waals surface area contributed by atoms with E-state index in [9.17, 15) is 4.79 Å². The molecule has 25 heavy (non-hydrogen) atoms. The number of ether oxygens (including phenoxy) is 1. The molecule has 1 amide bonds. The lowest BCUT2D eigenvalue weighted by Crippen LogP contribution is -2.51. The summed E-state index contributed by atoms with van der Waals surface area (Å²) >= 11 is 0. The van der Waals surface area contributed by atoms with E-state index in [0.29, 0.717) is 6.61 Å². The first kappa shape index (κ1) is 15.9. The molecule has 5 nitrogen and oxygen atoms in total. The summed E-state index contributed by atoms with van der Waals surface area (Å²) in [5, 5.41) is 0. The summed E-state index contributed by atoms with van der Waals surface area (Å²) < 4.78 is 5.79. The minimum atomic E-state index is -0.0656. The molecule has 0 bridgehead atoms. The van der Waals surface area contributed by atoms with Crippen LogP contribution in [0.15, 0.2) is 42.7 Å². The number of hydrogen-bond acceptors (Lipinski definition) is 4. The van der Waals surface area contributed by atoms with Gasteiger partial charge in [0.2, 0.25) is 5.91 Å².